The summed E-state index contributed by atoms with van der Waals surface area (Å²) in [5, 5.41) is 1.08. The highest BCUT2D eigenvalue weighted by atomic mass is 16.5. The minimum absolute atomic E-state index is 0.240. The van der Waals surface area contributed by atoms with Gasteiger partial charge in [-0.25, -0.2) is 9.97 Å². The lowest BCUT2D eigenvalue weighted by Gasteiger charge is -2.33. The summed E-state index contributed by atoms with van der Waals surface area (Å²) in [5.41, 5.74) is 1.89. The first-order valence-corrected chi connectivity index (χ1v) is 9.03. The fraction of sp³-hybridized carbons (Fsp3) is 0.350. The molecular formula is C20H21N5O. The van der Waals surface area contributed by atoms with Crippen molar-refractivity contribution in [3.63, 3.8) is 0 Å². The molecule has 132 valence electrons. The van der Waals surface area contributed by atoms with E-state index in [-0.39, 0.29) is 6.10 Å². The predicted octanol–water partition coefficient (Wildman–Crippen LogP) is 2.21. The van der Waals surface area contributed by atoms with E-state index in [1.165, 1.54) is 0 Å². The number of hydrogen-bond donors (Lipinski definition) is 0. The molecule has 6 nitrogen and oxygen atoms in total. The van der Waals surface area contributed by atoms with Gasteiger partial charge >= 0.3 is 0 Å². The minimum atomic E-state index is 0.240. The molecule has 1 aromatic carbocycles. The van der Waals surface area contributed by atoms with Crippen LogP contribution in [0.1, 0.15) is 0 Å². The maximum absolute atomic E-state index is 6.01. The monoisotopic (exact) mass is 347 g/mol. The molecule has 0 bridgehead atoms. The number of ether oxygens (including phenoxy) is 1. The first kappa shape index (κ1) is 15.7. The van der Waals surface area contributed by atoms with Gasteiger partial charge in [-0.05, 0) is 31.3 Å². The largest absolute Gasteiger partial charge is 0.373 e. The average Bonchev–Trinajstić information content (AvgIpc) is 3.13. The lowest BCUT2D eigenvalue weighted by atomic mass is 10.1. The van der Waals surface area contributed by atoms with Gasteiger partial charge in [-0.15, -0.1) is 0 Å². The van der Waals surface area contributed by atoms with E-state index in [1.807, 2.05) is 36.5 Å². The average molecular weight is 347 g/mol. The van der Waals surface area contributed by atoms with Crippen LogP contribution in [0.4, 0.5) is 5.82 Å². The third-order valence-corrected chi connectivity index (χ3v) is 5.38. The molecule has 0 saturated carbocycles. The topological polar surface area (TPSA) is 54.4 Å². The number of para-hydroxylation sites is 1. The second kappa shape index (κ2) is 6.30. The maximum atomic E-state index is 6.01. The Morgan fingerprint density at radius 2 is 2.00 bits per heavy atom. The first-order chi connectivity index (χ1) is 12.8. The zero-order chi connectivity index (χ0) is 17.5. The molecule has 26 heavy (non-hydrogen) atoms. The van der Waals surface area contributed by atoms with Crippen LogP contribution in [0.5, 0.6) is 0 Å². The van der Waals surface area contributed by atoms with Crippen molar-refractivity contribution >= 4 is 16.7 Å². The summed E-state index contributed by atoms with van der Waals surface area (Å²) in [6, 6.07) is 12.6. The fourth-order valence-corrected chi connectivity index (χ4v) is 3.96. The van der Waals surface area contributed by atoms with Gasteiger partial charge in [0.15, 0.2) is 5.82 Å². The van der Waals surface area contributed by atoms with Crippen molar-refractivity contribution < 1.29 is 4.74 Å². The summed E-state index contributed by atoms with van der Waals surface area (Å²) in [7, 11) is 2.18. The number of hydrogen-bond acceptors (Lipinski definition) is 6. The molecule has 5 rings (SSSR count). The fourth-order valence-electron chi connectivity index (χ4n) is 3.96. The van der Waals surface area contributed by atoms with Gasteiger partial charge in [0.2, 0.25) is 0 Å². The van der Waals surface area contributed by atoms with Crippen LogP contribution >= 0.6 is 0 Å². The summed E-state index contributed by atoms with van der Waals surface area (Å²) in [6.45, 7) is 3.58. The van der Waals surface area contributed by atoms with Gasteiger partial charge in [0, 0.05) is 43.0 Å². The number of rotatable bonds is 2. The van der Waals surface area contributed by atoms with Crippen LogP contribution in [0.2, 0.25) is 0 Å². The van der Waals surface area contributed by atoms with Gasteiger partial charge in [0.25, 0.3) is 0 Å². The number of anilines is 1. The number of pyridine rings is 1. The highest BCUT2D eigenvalue weighted by molar-refractivity contribution is 5.91. The van der Waals surface area contributed by atoms with Crippen molar-refractivity contribution in [3.8, 4) is 11.4 Å². The van der Waals surface area contributed by atoms with Gasteiger partial charge < -0.3 is 9.64 Å². The Morgan fingerprint density at radius 3 is 2.85 bits per heavy atom. The molecule has 2 aliphatic heterocycles. The van der Waals surface area contributed by atoms with Crippen molar-refractivity contribution in [2.75, 3.05) is 38.2 Å². The van der Waals surface area contributed by atoms with Crippen LogP contribution in [-0.2, 0) is 4.74 Å². The first-order valence-electron chi connectivity index (χ1n) is 9.03. The van der Waals surface area contributed by atoms with Crippen LogP contribution in [0.3, 0.4) is 0 Å². The predicted molar refractivity (Wildman–Crippen MR) is 101 cm³/mol. The zero-order valence-electron chi connectivity index (χ0n) is 14.7. The van der Waals surface area contributed by atoms with Crippen molar-refractivity contribution in [2.24, 2.45) is 0 Å². The lowest BCUT2D eigenvalue weighted by molar-refractivity contribution is -0.0362. The third kappa shape index (κ3) is 2.62. The number of morpholine rings is 1. The molecule has 2 aliphatic rings. The molecule has 0 spiro atoms. The van der Waals surface area contributed by atoms with E-state index in [4.69, 9.17) is 14.7 Å². The van der Waals surface area contributed by atoms with E-state index in [9.17, 15) is 0 Å². The highest BCUT2D eigenvalue weighted by Crippen LogP contribution is 2.32. The molecule has 2 saturated heterocycles. The second-order valence-electron chi connectivity index (χ2n) is 6.99. The van der Waals surface area contributed by atoms with Crippen molar-refractivity contribution in [3.05, 3.63) is 48.8 Å². The number of benzene rings is 1. The summed E-state index contributed by atoms with van der Waals surface area (Å²) in [4.78, 5) is 18.7. The van der Waals surface area contributed by atoms with E-state index in [0.717, 1.165) is 54.3 Å². The molecule has 0 amide bonds. The SMILES string of the molecule is CN1CCOC2CN(c3nc(-c4cccnc4)nc4ccccc34)CC21. The Kier molecular flexibility index (Phi) is 3.80. The van der Waals surface area contributed by atoms with Gasteiger partial charge in [-0.1, -0.05) is 12.1 Å². The zero-order valence-corrected chi connectivity index (χ0v) is 14.7. The minimum Gasteiger partial charge on any atom is -0.373 e. The molecule has 0 aliphatic carbocycles. The molecular weight excluding hydrogens is 326 g/mol. The molecule has 0 radical (unpaired) electrons. The molecule has 2 fully saturated rings. The Hall–Kier alpha value is -2.57. The van der Waals surface area contributed by atoms with Crippen LogP contribution < -0.4 is 4.90 Å². The van der Waals surface area contributed by atoms with Gasteiger partial charge in [-0.3, -0.25) is 9.88 Å². The van der Waals surface area contributed by atoms with Crippen LogP contribution in [0, 0.1) is 0 Å². The number of fused-ring (bicyclic) bond motifs is 2. The van der Waals surface area contributed by atoms with E-state index in [1.54, 1.807) is 6.20 Å². The number of aromatic nitrogens is 3. The van der Waals surface area contributed by atoms with Crippen molar-refractivity contribution in [2.45, 2.75) is 12.1 Å². The molecule has 2 aromatic heterocycles. The highest BCUT2D eigenvalue weighted by Gasteiger charge is 2.39. The standard InChI is InChI=1S/C20H21N5O/c1-24-9-10-26-18-13-25(12-17(18)24)20-15-6-2-3-7-16(15)22-19(23-20)14-5-4-8-21-11-14/h2-8,11,17-18H,9-10,12-13H2,1H3. The maximum Gasteiger partial charge on any atom is 0.163 e. The van der Waals surface area contributed by atoms with Crippen LogP contribution in [-0.4, -0.2) is 65.3 Å². The van der Waals surface area contributed by atoms with E-state index < -0.39 is 0 Å². The van der Waals surface area contributed by atoms with Crippen LogP contribution in [0.15, 0.2) is 48.8 Å². The Bertz CT molecular complexity index is 932. The lowest BCUT2D eigenvalue weighted by Crippen LogP contribution is -2.48. The van der Waals surface area contributed by atoms with Crippen molar-refractivity contribution in [1.29, 1.82) is 0 Å². The van der Waals surface area contributed by atoms with Gasteiger partial charge in [0.05, 0.1) is 24.3 Å². The molecule has 0 N–H and O–H groups in total. The number of likely N-dealkylation sites (N-methyl/N-ethyl adjacent to an activating group) is 1. The molecule has 2 atom stereocenters. The normalized spacial score (nSPS) is 23.3. The van der Waals surface area contributed by atoms with Gasteiger partial charge in [-0.2, -0.15) is 0 Å². The Balaban J connectivity index is 1.60. The molecule has 6 heteroatoms. The Labute approximate surface area is 152 Å². The third-order valence-electron chi connectivity index (χ3n) is 5.38. The molecule has 4 heterocycles. The molecule has 2 unspecified atom stereocenters. The van der Waals surface area contributed by atoms with E-state index in [2.05, 4.69) is 27.9 Å². The Morgan fingerprint density at radius 1 is 1.08 bits per heavy atom. The van der Waals surface area contributed by atoms with Gasteiger partial charge in [0.1, 0.15) is 5.82 Å². The van der Waals surface area contributed by atoms with Crippen LogP contribution in [0.25, 0.3) is 22.3 Å². The summed E-state index contributed by atoms with van der Waals surface area (Å²) in [6.07, 6.45) is 3.82. The smallest absolute Gasteiger partial charge is 0.163 e. The second-order valence-corrected chi connectivity index (χ2v) is 6.99. The van der Waals surface area contributed by atoms with Crippen molar-refractivity contribution in [1.82, 2.24) is 19.9 Å². The summed E-state index contributed by atoms with van der Waals surface area (Å²) in [5.74, 6) is 1.71. The van der Waals surface area contributed by atoms with E-state index >= 15 is 0 Å². The molecule has 3 aromatic rings. The quantitative estimate of drug-likeness (QED) is 0.708. The summed E-state index contributed by atoms with van der Waals surface area (Å²) < 4.78 is 6.01. The summed E-state index contributed by atoms with van der Waals surface area (Å²) >= 11 is 0. The number of nitrogens with zero attached hydrogens (tertiary/aromatic N) is 5. The van der Waals surface area contributed by atoms with E-state index in [0.29, 0.717) is 6.04 Å².